The summed E-state index contributed by atoms with van der Waals surface area (Å²) in [6, 6.07) is 1.20. The van der Waals surface area contributed by atoms with Crippen molar-refractivity contribution in [3.63, 3.8) is 0 Å². The molecule has 1 saturated heterocycles. The summed E-state index contributed by atoms with van der Waals surface area (Å²) in [5.41, 5.74) is 5.30. The van der Waals surface area contributed by atoms with Crippen LogP contribution in [0.15, 0.2) is 17.2 Å². The summed E-state index contributed by atoms with van der Waals surface area (Å²) in [4.78, 5) is 11.1. The normalized spacial score (nSPS) is 19.9. The zero-order valence-electron chi connectivity index (χ0n) is 11.1. The SMILES string of the molecule is Cn1cc(S(=O)(=O)NCC2COCCN2)cc1C(N)=O. The van der Waals surface area contributed by atoms with Crippen LogP contribution in [-0.4, -0.2) is 51.2 Å². The maximum absolute atomic E-state index is 12.1. The smallest absolute Gasteiger partial charge is 0.265 e. The number of hydrogen-bond donors (Lipinski definition) is 3. The molecular weight excluding hydrogens is 284 g/mol. The number of primary amides is 1. The molecule has 1 aliphatic heterocycles. The van der Waals surface area contributed by atoms with Crippen LogP contribution in [0, 0.1) is 0 Å². The number of sulfonamides is 1. The van der Waals surface area contributed by atoms with E-state index in [-0.39, 0.29) is 23.2 Å². The first-order valence-corrected chi connectivity index (χ1v) is 7.65. The van der Waals surface area contributed by atoms with E-state index in [1.54, 1.807) is 7.05 Å². The Bertz CT molecular complexity index is 590. The van der Waals surface area contributed by atoms with Crippen molar-refractivity contribution in [2.24, 2.45) is 12.8 Å². The summed E-state index contributed by atoms with van der Waals surface area (Å²) >= 11 is 0. The minimum absolute atomic E-state index is 0.0190. The average Bonchev–Trinajstić information content (AvgIpc) is 2.81. The number of rotatable bonds is 5. The molecule has 1 atom stereocenters. The van der Waals surface area contributed by atoms with Gasteiger partial charge in [-0.15, -0.1) is 0 Å². The summed E-state index contributed by atoms with van der Waals surface area (Å²) in [5, 5.41) is 3.15. The van der Waals surface area contributed by atoms with Crippen molar-refractivity contribution in [1.82, 2.24) is 14.6 Å². The van der Waals surface area contributed by atoms with E-state index in [1.165, 1.54) is 16.8 Å². The maximum Gasteiger partial charge on any atom is 0.265 e. The number of carbonyl (C=O) groups is 1. The van der Waals surface area contributed by atoms with Crippen LogP contribution in [0.4, 0.5) is 0 Å². The molecule has 1 aliphatic rings. The highest BCUT2D eigenvalue weighted by Crippen LogP contribution is 2.13. The molecule has 2 rings (SSSR count). The van der Waals surface area contributed by atoms with Crippen molar-refractivity contribution >= 4 is 15.9 Å². The quantitative estimate of drug-likeness (QED) is 0.605. The van der Waals surface area contributed by atoms with E-state index in [0.717, 1.165) is 0 Å². The topological polar surface area (TPSA) is 115 Å². The van der Waals surface area contributed by atoms with Gasteiger partial charge in [-0.05, 0) is 6.07 Å². The number of ether oxygens (including phenoxy) is 1. The number of morpholine rings is 1. The minimum atomic E-state index is -3.67. The lowest BCUT2D eigenvalue weighted by molar-refractivity contribution is 0.0784. The number of aromatic nitrogens is 1. The first-order valence-electron chi connectivity index (χ1n) is 6.17. The van der Waals surface area contributed by atoms with Crippen LogP contribution >= 0.6 is 0 Å². The third kappa shape index (κ3) is 3.37. The van der Waals surface area contributed by atoms with Gasteiger partial charge in [0.25, 0.3) is 5.91 Å². The van der Waals surface area contributed by atoms with E-state index < -0.39 is 15.9 Å². The largest absolute Gasteiger partial charge is 0.378 e. The standard InChI is InChI=1S/C11H18N4O4S/c1-15-6-9(4-10(15)11(12)16)20(17,18)14-5-8-7-19-3-2-13-8/h4,6,8,13-14H,2-3,5,7H2,1H3,(H2,12,16). The second-order valence-electron chi connectivity index (χ2n) is 4.61. The molecule has 1 aromatic rings. The molecule has 1 fully saturated rings. The third-order valence-corrected chi connectivity index (χ3v) is 4.45. The van der Waals surface area contributed by atoms with Gasteiger partial charge < -0.3 is 20.4 Å². The molecule has 0 spiro atoms. The third-order valence-electron chi connectivity index (χ3n) is 3.06. The predicted molar refractivity (Wildman–Crippen MR) is 71.7 cm³/mol. The molecule has 0 bridgehead atoms. The van der Waals surface area contributed by atoms with E-state index in [1.807, 2.05) is 0 Å². The second kappa shape index (κ2) is 5.92. The first kappa shape index (κ1) is 15.0. The van der Waals surface area contributed by atoms with Crippen LogP contribution < -0.4 is 15.8 Å². The Morgan fingerprint density at radius 3 is 2.95 bits per heavy atom. The van der Waals surface area contributed by atoms with Crippen molar-refractivity contribution in [2.45, 2.75) is 10.9 Å². The van der Waals surface area contributed by atoms with E-state index >= 15 is 0 Å². The Hall–Kier alpha value is -1.42. The van der Waals surface area contributed by atoms with E-state index in [0.29, 0.717) is 19.8 Å². The molecule has 8 nitrogen and oxygen atoms in total. The Labute approximate surface area is 117 Å². The molecule has 0 radical (unpaired) electrons. The van der Waals surface area contributed by atoms with Gasteiger partial charge in [0.05, 0.1) is 13.2 Å². The lowest BCUT2D eigenvalue weighted by atomic mass is 10.3. The Balaban J connectivity index is 2.06. The predicted octanol–water partition coefficient (Wildman–Crippen LogP) is -1.61. The molecule has 0 aliphatic carbocycles. The summed E-state index contributed by atoms with van der Waals surface area (Å²) < 4.78 is 33.4. The van der Waals surface area contributed by atoms with Crippen molar-refractivity contribution in [2.75, 3.05) is 26.3 Å². The molecule has 112 valence electrons. The molecule has 0 aromatic carbocycles. The summed E-state index contributed by atoms with van der Waals surface area (Å²) in [6.45, 7) is 2.01. The maximum atomic E-state index is 12.1. The Kier molecular flexibility index (Phi) is 4.43. The lowest BCUT2D eigenvalue weighted by Crippen LogP contribution is -2.48. The Morgan fingerprint density at radius 2 is 2.40 bits per heavy atom. The molecule has 0 saturated carbocycles. The minimum Gasteiger partial charge on any atom is -0.378 e. The number of hydrogen-bond acceptors (Lipinski definition) is 5. The van der Waals surface area contributed by atoms with Crippen LogP contribution in [0.1, 0.15) is 10.5 Å². The number of aryl methyl sites for hydroxylation is 1. The molecule has 1 aromatic heterocycles. The van der Waals surface area contributed by atoms with Gasteiger partial charge in [0, 0.05) is 32.4 Å². The molecule has 4 N–H and O–H groups in total. The fraction of sp³-hybridized carbons (Fsp3) is 0.545. The van der Waals surface area contributed by atoms with Crippen molar-refractivity contribution in [1.29, 1.82) is 0 Å². The lowest BCUT2D eigenvalue weighted by Gasteiger charge is -2.23. The summed E-state index contributed by atoms with van der Waals surface area (Å²) in [7, 11) is -2.10. The van der Waals surface area contributed by atoms with Gasteiger partial charge in [-0.3, -0.25) is 4.79 Å². The van der Waals surface area contributed by atoms with Crippen LogP contribution in [-0.2, 0) is 21.8 Å². The van der Waals surface area contributed by atoms with E-state index in [4.69, 9.17) is 10.5 Å². The number of nitrogens with two attached hydrogens (primary N) is 1. The first-order chi connectivity index (χ1) is 9.40. The van der Waals surface area contributed by atoms with Gasteiger partial charge in [-0.2, -0.15) is 0 Å². The highest BCUT2D eigenvalue weighted by molar-refractivity contribution is 7.89. The van der Waals surface area contributed by atoms with Gasteiger partial charge in [0.15, 0.2) is 0 Å². The molecule has 1 unspecified atom stereocenters. The van der Waals surface area contributed by atoms with Crippen LogP contribution in [0.3, 0.4) is 0 Å². The van der Waals surface area contributed by atoms with Crippen LogP contribution in [0.5, 0.6) is 0 Å². The van der Waals surface area contributed by atoms with Crippen molar-refractivity contribution in [3.05, 3.63) is 18.0 Å². The molecular formula is C11H18N4O4S. The van der Waals surface area contributed by atoms with Crippen LogP contribution in [0.25, 0.3) is 0 Å². The van der Waals surface area contributed by atoms with Crippen molar-refractivity contribution in [3.8, 4) is 0 Å². The van der Waals surface area contributed by atoms with Gasteiger partial charge in [-0.1, -0.05) is 0 Å². The number of nitrogens with zero attached hydrogens (tertiary/aromatic N) is 1. The second-order valence-corrected chi connectivity index (χ2v) is 6.38. The van der Waals surface area contributed by atoms with Gasteiger partial charge in [-0.25, -0.2) is 13.1 Å². The molecule has 1 amide bonds. The number of nitrogens with one attached hydrogen (secondary N) is 2. The highest BCUT2D eigenvalue weighted by atomic mass is 32.2. The molecule has 20 heavy (non-hydrogen) atoms. The van der Waals surface area contributed by atoms with Crippen LogP contribution in [0.2, 0.25) is 0 Å². The Morgan fingerprint density at radius 1 is 1.65 bits per heavy atom. The summed E-state index contributed by atoms with van der Waals surface area (Å²) in [6.07, 6.45) is 1.35. The fourth-order valence-electron chi connectivity index (χ4n) is 1.97. The molecule has 9 heteroatoms. The number of amides is 1. The molecule has 2 heterocycles. The van der Waals surface area contributed by atoms with E-state index in [9.17, 15) is 13.2 Å². The fourth-order valence-corrected chi connectivity index (χ4v) is 3.12. The highest BCUT2D eigenvalue weighted by Gasteiger charge is 2.21. The number of carbonyl (C=O) groups excluding carboxylic acids is 1. The summed E-state index contributed by atoms with van der Waals surface area (Å²) in [5.74, 6) is -0.670. The monoisotopic (exact) mass is 302 g/mol. The van der Waals surface area contributed by atoms with Gasteiger partial charge >= 0.3 is 0 Å². The zero-order valence-corrected chi connectivity index (χ0v) is 11.9. The van der Waals surface area contributed by atoms with Gasteiger partial charge in [0.1, 0.15) is 10.6 Å². The van der Waals surface area contributed by atoms with Crippen molar-refractivity contribution < 1.29 is 17.9 Å². The zero-order chi connectivity index (χ0) is 14.8. The van der Waals surface area contributed by atoms with Gasteiger partial charge in [0.2, 0.25) is 10.0 Å². The van der Waals surface area contributed by atoms with E-state index in [2.05, 4.69) is 10.0 Å². The average molecular weight is 302 g/mol.